The minimum absolute atomic E-state index is 0. The van der Waals surface area contributed by atoms with E-state index in [1.54, 1.807) is 13.1 Å². The van der Waals surface area contributed by atoms with E-state index in [1.807, 2.05) is 6.92 Å². The normalized spacial score (nSPS) is 18.4. The number of carbonyl (C=O) groups excluding carboxylic acids is 2. The van der Waals surface area contributed by atoms with E-state index in [2.05, 4.69) is 10.6 Å². The van der Waals surface area contributed by atoms with E-state index in [0.717, 1.165) is 12.1 Å². The molecule has 0 aromatic heterocycles. The summed E-state index contributed by atoms with van der Waals surface area (Å²) in [6, 6.07) is 5.01. The van der Waals surface area contributed by atoms with Crippen LogP contribution < -0.4 is 10.6 Å². The Morgan fingerprint density at radius 2 is 2.08 bits per heavy atom. The van der Waals surface area contributed by atoms with E-state index >= 15 is 0 Å². The predicted molar refractivity (Wildman–Crippen MR) is 93.7 cm³/mol. The lowest BCUT2D eigenvalue weighted by atomic mass is 10.1. The highest BCUT2D eigenvalue weighted by molar-refractivity contribution is 5.89. The lowest BCUT2D eigenvalue weighted by molar-refractivity contribution is -0.137. The van der Waals surface area contributed by atoms with Crippen molar-refractivity contribution < 1.29 is 22.8 Å². The Labute approximate surface area is 156 Å². The molecular formula is C17H23ClF3N3O2. The second-order valence-corrected chi connectivity index (χ2v) is 6.31. The molecule has 26 heavy (non-hydrogen) atoms. The number of nitrogens with zero attached hydrogens (tertiary/aromatic N) is 1. The van der Waals surface area contributed by atoms with Gasteiger partial charge in [-0.25, -0.2) is 0 Å². The predicted octanol–water partition coefficient (Wildman–Crippen LogP) is 2.20. The van der Waals surface area contributed by atoms with Gasteiger partial charge in [0, 0.05) is 32.1 Å². The number of amides is 2. The van der Waals surface area contributed by atoms with Crippen LogP contribution in [0.5, 0.6) is 0 Å². The van der Waals surface area contributed by atoms with Crippen LogP contribution in [0.25, 0.3) is 0 Å². The molecule has 1 aromatic rings. The summed E-state index contributed by atoms with van der Waals surface area (Å²) in [5.41, 5.74) is -0.347. The van der Waals surface area contributed by atoms with Crippen molar-refractivity contribution in [2.75, 3.05) is 20.1 Å². The molecule has 1 aliphatic heterocycles. The number of alkyl halides is 3. The maximum absolute atomic E-state index is 12.8. The smallest absolute Gasteiger partial charge is 0.354 e. The lowest BCUT2D eigenvalue weighted by Crippen LogP contribution is -2.40. The monoisotopic (exact) mass is 393 g/mol. The van der Waals surface area contributed by atoms with Crippen molar-refractivity contribution in [1.82, 2.24) is 15.5 Å². The van der Waals surface area contributed by atoms with Crippen molar-refractivity contribution in [1.29, 1.82) is 0 Å². The first kappa shape index (κ1) is 22.2. The zero-order valence-corrected chi connectivity index (χ0v) is 15.4. The van der Waals surface area contributed by atoms with Crippen LogP contribution in [0.4, 0.5) is 13.2 Å². The first-order chi connectivity index (χ1) is 11.7. The maximum atomic E-state index is 12.8. The van der Waals surface area contributed by atoms with Crippen LogP contribution >= 0.6 is 12.4 Å². The molecule has 0 radical (unpaired) electrons. The summed E-state index contributed by atoms with van der Waals surface area (Å²) < 4.78 is 38.3. The fraction of sp³-hybridized carbons (Fsp3) is 0.529. The van der Waals surface area contributed by atoms with Crippen molar-refractivity contribution in [3.05, 3.63) is 35.4 Å². The van der Waals surface area contributed by atoms with Crippen LogP contribution in [0.1, 0.15) is 24.5 Å². The van der Waals surface area contributed by atoms with E-state index in [9.17, 15) is 22.8 Å². The third-order valence-electron chi connectivity index (χ3n) is 4.29. The highest BCUT2D eigenvalue weighted by Gasteiger charge is 2.35. The van der Waals surface area contributed by atoms with Gasteiger partial charge in [0.2, 0.25) is 11.8 Å². The molecule has 146 valence electrons. The Morgan fingerprint density at radius 3 is 2.69 bits per heavy atom. The van der Waals surface area contributed by atoms with Gasteiger partial charge in [0.05, 0.1) is 11.5 Å². The van der Waals surface area contributed by atoms with Gasteiger partial charge in [0.15, 0.2) is 0 Å². The first-order valence-corrected chi connectivity index (χ1v) is 8.09. The van der Waals surface area contributed by atoms with Gasteiger partial charge in [0.1, 0.15) is 0 Å². The van der Waals surface area contributed by atoms with Crippen LogP contribution in [0.2, 0.25) is 0 Å². The maximum Gasteiger partial charge on any atom is 0.416 e. The van der Waals surface area contributed by atoms with E-state index in [1.165, 1.54) is 11.0 Å². The highest BCUT2D eigenvalue weighted by atomic mass is 35.5. The molecule has 2 rings (SSSR count). The largest absolute Gasteiger partial charge is 0.416 e. The molecule has 0 saturated carbocycles. The molecule has 1 saturated heterocycles. The molecular weight excluding hydrogens is 371 g/mol. The minimum Gasteiger partial charge on any atom is -0.354 e. The Kier molecular flexibility index (Phi) is 7.89. The molecule has 2 atom stereocenters. The molecule has 2 amide bonds. The number of nitrogens with one attached hydrogen (secondary N) is 2. The van der Waals surface area contributed by atoms with E-state index in [-0.39, 0.29) is 49.8 Å². The van der Waals surface area contributed by atoms with Crippen molar-refractivity contribution in [2.45, 2.75) is 32.1 Å². The second kappa shape index (κ2) is 9.23. The summed E-state index contributed by atoms with van der Waals surface area (Å²) in [4.78, 5) is 25.6. The van der Waals surface area contributed by atoms with Gasteiger partial charge in [-0.2, -0.15) is 13.2 Å². The molecule has 2 N–H and O–H groups in total. The molecule has 1 heterocycles. The van der Waals surface area contributed by atoms with Crippen LogP contribution in [0.15, 0.2) is 24.3 Å². The summed E-state index contributed by atoms with van der Waals surface area (Å²) in [6.45, 7) is 2.65. The summed E-state index contributed by atoms with van der Waals surface area (Å²) in [6.07, 6.45) is -4.34. The van der Waals surface area contributed by atoms with E-state index in [4.69, 9.17) is 0 Å². The third kappa shape index (κ3) is 5.88. The fourth-order valence-corrected chi connectivity index (χ4v) is 2.67. The number of halogens is 4. The molecule has 9 heteroatoms. The van der Waals surface area contributed by atoms with Crippen LogP contribution in [-0.4, -0.2) is 42.9 Å². The summed E-state index contributed by atoms with van der Waals surface area (Å²) in [5, 5.41) is 5.77. The molecule has 2 unspecified atom stereocenters. The Bertz CT molecular complexity index is 640. The van der Waals surface area contributed by atoms with Gasteiger partial charge in [0.25, 0.3) is 0 Å². The van der Waals surface area contributed by atoms with E-state index < -0.39 is 17.7 Å². The zero-order valence-electron chi connectivity index (χ0n) is 14.6. The number of likely N-dealkylation sites (N-methyl/N-ethyl adjacent to an activating group) is 1. The van der Waals surface area contributed by atoms with Gasteiger partial charge >= 0.3 is 6.18 Å². The molecule has 1 aromatic carbocycles. The highest BCUT2D eigenvalue weighted by Crippen LogP contribution is 2.30. The Balaban J connectivity index is 0.00000338. The quantitative estimate of drug-likeness (QED) is 0.779. The number of hydrogen-bond acceptors (Lipinski definition) is 3. The summed E-state index contributed by atoms with van der Waals surface area (Å²) in [5.74, 6) is -0.899. The van der Waals surface area contributed by atoms with Crippen molar-refractivity contribution in [3.63, 3.8) is 0 Å². The average molecular weight is 394 g/mol. The molecule has 5 nitrogen and oxygen atoms in total. The summed E-state index contributed by atoms with van der Waals surface area (Å²) in [7, 11) is 1.78. The summed E-state index contributed by atoms with van der Waals surface area (Å²) >= 11 is 0. The SMILES string of the molecule is CNC(C)CNC(=O)C1CC(=O)N(Cc2cccc(C(F)(F)F)c2)C1.Cl. The average Bonchev–Trinajstić information content (AvgIpc) is 2.92. The molecule has 1 fully saturated rings. The lowest BCUT2D eigenvalue weighted by Gasteiger charge is -2.18. The third-order valence-corrected chi connectivity index (χ3v) is 4.29. The van der Waals surface area contributed by atoms with Gasteiger partial charge in [-0.15, -0.1) is 12.4 Å². The zero-order chi connectivity index (χ0) is 18.6. The first-order valence-electron chi connectivity index (χ1n) is 8.09. The Morgan fingerprint density at radius 1 is 1.38 bits per heavy atom. The standard InChI is InChI=1S/C17H22F3N3O2.ClH/c1-11(21-2)8-22-16(25)13-7-15(24)23(10-13)9-12-4-3-5-14(6-12)17(18,19)20;/h3-6,11,13,21H,7-10H2,1-2H3,(H,22,25);1H. The fourth-order valence-electron chi connectivity index (χ4n) is 2.67. The molecule has 1 aliphatic rings. The minimum atomic E-state index is -4.42. The van der Waals surface area contributed by atoms with Gasteiger partial charge < -0.3 is 15.5 Å². The number of benzene rings is 1. The van der Waals surface area contributed by atoms with Crippen LogP contribution in [-0.2, 0) is 22.3 Å². The van der Waals surface area contributed by atoms with Crippen molar-refractivity contribution in [3.8, 4) is 0 Å². The van der Waals surface area contributed by atoms with E-state index in [0.29, 0.717) is 12.1 Å². The second-order valence-electron chi connectivity index (χ2n) is 6.31. The molecule has 0 aliphatic carbocycles. The molecule has 0 spiro atoms. The van der Waals surface area contributed by atoms with Crippen molar-refractivity contribution >= 4 is 24.2 Å². The molecule has 0 bridgehead atoms. The topological polar surface area (TPSA) is 61.4 Å². The van der Waals surface area contributed by atoms with Gasteiger partial charge in [-0.05, 0) is 31.7 Å². The number of rotatable bonds is 6. The van der Waals surface area contributed by atoms with Crippen LogP contribution in [0, 0.1) is 5.92 Å². The van der Waals surface area contributed by atoms with Gasteiger partial charge in [-0.3, -0.25) is 9.59 Å². The Hall–Kier alpha value is -1.80. The van der Waals surface area contributed by atoms with Crippen molar-refractivity contribution in [2.24, 2.45) is 5.92 Å². The van der Waals surface area contributed by atoms with Gasteiger partial charge in [-0.1, -0.05) is 12.1 Å². The number of carbonyl (C=O) groups is 2. The number of hydrogen-bond donors (Lipinski definition) is 2. The van der Waals surface area contributed by atoms with Crippen LogP contribution in [0.3, 0.4) is 0 Å². The number of likely N-dealkylation sites (tertiary alicyclic amines) is 1.